The van der Waals surface area contributed by atoms with Crippen LogP contribution in [0.2, 0.25) is 0 Å². The number of ether oxygens (including phenoxy) is 2. The first-order chi connectivity index (χ1) is 24.7. The number of benzene rings is 2. The van der Waals surface area contributed by atoms with Crippen molar-refractivity contribution in [2.75, 3.05) is 18.3 Å². The molecular formula is C37H50N4O9S2. The van der Waals surface area contributed by atoms with E-state index in [2.05, 4.69) is 19.1 Å². The van der Waals surface area contributed by atoms with Crippen LogP contribution in [0.3, 0.4) is 0 Å². The molecular weight excluding hydrogens is 709 g/mol. The SMILES string of the molecule is CC1(O)CS[C@@H]2C(N3C(=O)C(c4ccccc4)N(N=O)C3(C)C)C(=O)N2C1C(=O)O.CCCCCCCC[S+]([O-])C(C)Cc1ccc2c(c1)OCO2. The summed E-state index contributed by atoms with van der Waals surface area (Å²) in [6.45, 7) is 9.25. The van der Waals surface area contributed by atoms with E-state index < -0.39 is 63.7 Å². The van der Waals surface area contributed by atoms with Crippen molar-refractivity contribution < 1.29 is 38.6 Å². The van der Waals surface area contributed by atoms with Crippen molar-refractivity contribution in [2.24, 2.45) is 5.29 Å². The van der Waals surface area contributed by atoms with Crippen LogP contribution in [0.15, 0.2) is 53.8 Å². The Labute approximate surface area is 312 Å². The number of aliphatic hydroxyl groups is 1. The first kappa shape index (κ1) is 39.7. The molecule has 0 spiro atoms. The van der Waals surface area contributed by atoms with E-state index in [-0.39, 0.29) is 11.0 Å². The minimum Gasteiger partial charge on any atom is -0.616 e. The fourth-order valence-corrected chi connectivity index (χ4v) is 10.1. The van der Waals surface area contributed by atoms with Crippen LogP contribution in [0.1, 0.15) is 90.3 Å². The molecule has 7 atom stereocenters. The molecule has 2 aromatic carbocycles. The van der Waals surface area contributed by atoms with Gasteiger partial charge in [-0.05, 0) is 63.8 Å². The van der Waals surface area contributed by atoms with Gasteiger partial charge in [0.2, 0.25) is 12.7 Å². The zero-order valence-electron chi connectivity index (χ0n) is 30.4. The second-order valence-corrected chi connectivity index (χ2v) is 17.6. The van der Waals surface area contributed by atoms with Gasteiger partial charge < -0.3 is 34.0 Å². The number of carboxylic acids is 1. The van der Waals surface area contributed by atoms with Gasteiger partial charge in [-0.25, -0.2) is 9.80 Å². The number of carboxylic acid groups (broad SMARTS) is 1. The van der Waals surface area contributed by atoms with Crippen molar-refractivity contribution in [3.05, 3.63) is 64.6 Å². The summed E-state index contributed by atoms with van der Waals surface area (Å²) in [5.74, 6) is 0.223. The number of carbonyl (C=O) groups is 3. The van der Waals surface area contributed by atoms with Crippen LogP contribution in [0.25, 0.3) is 0 Å². The normalized spacial score (nSPS) is 26.9. The van der Waals surface area contributed by atoms with Gasteiger partial charge in [0.25, 0.3) is 5.91 Å². The Bertz CT molecular complexity index is 1600. The standard InChI is InChI=1S/C19H22N4O6S.C18H28O3S/c1-18(2)22(15(25)11(23(18)20-29)10-7-5-4-6-8-10)12-14(24)21-13(17(26)27)19(3,28)9-30-16(12)21;1-3-4-5-6-7-8-11-22(19)15(2)12-16-9-10-17-18(13-16)21-14-20-17/h4-8,11-13,16,28H,9H2,1-3H3,(H,26,27);9-10,13,15H,3-8,11-12,14H2,1-2H3/t11?,12?,13?,16-,19?;/m1./s1. The molecule has 15 heteroatoms. The van der Waals surface area contributed by atoms with Crippen molar-refractivity contribution in [1.82, 2.24) is 14.8 Å². The lowest BCUT2D eigenvalue weighted by Gasteiger charge is -2.59. The van der Waals surface area contributed by atoms with Gasteiger partial charge in [0, 0.05) is 12.2 Å². The van der Waals surface area contributed by atoms with Crippen molar-refractivity contribution in [1.29, 1.82) is 0 Å². The molecule has 6 unspecified atom stereocenters. The highest BCUT2D eigenvalue weighted by molar-refractivity contribution is 8.00. The summed E-state index contributed by atoms with van der Waals surface area (Å²) >= 11 is 0.476. The van der Waals surface area contributed by atoms with Crippen LogP contribution >= 0.6 is 11.8 Å². The molecule has 4 heterocycles. The van der Waals surface area contributed by atoms with E-state index in [1.807, 2.05) is 18.2 Å². The van der Waals surface area contributed by atoms with Crippen LogP contribution in [0, 0.1) is 4.91 Å². The average molecular weight is 759 g/mol. The van der Waals surface area contributed by atoms with Gasteiger partial charge >= 0.3 is 5.97 Å². The highest BCUT2D eigenvalue weighted by Gasteiger charge is 2.67. The molecule has 0 radical (unpaired) electrons. The van der Waals surface area contributed by atoms with Crippen LogP contribution in [0.4, 0.5) is 0 Å². The number of hydrogen-bond donors (Lipinski definition) is 2. The number of β-lactam (4-membered cyclic amide) rings is 1. The Kier molecular flexibility index (Phi) is 12.7. The lowest BCUT2D eigenvalue weighted by atomic mass is 9.90. The molecule has 6 rings (SSSR count). The second kappa shape index (κ2) is 16.6. The fourth-order valence-electron chi connectivity index (χ4n) is 7.37. The van der Waals surface area contributed by atoms with Crippen LogP contribution in [-0.2, 0) is 32.0 Å². The monoisotopic (exact) mass is 758 g/mol. The smallest absolute Gasteiger partial charge is 0.329 e. The van der Waals surface area contributed by atoms with Gasteiger partial charge in [0.05, 0.1) is 5.29 Å². The number of hydrogen-bond acceptors (Lipinski definition) is 10. The predicted octanol–water partition coefficient (Wildman–Crippen LogP) is 5.23. The van der Waals surface area contributed by atoms with E-state index in [1.54, 1.807) is 44.2 Å². The summed E-state index contributed by atoms with van der Waals surface area (Å²) in [6, 6.07) is 11.4. The average Bonchev–Trinajstić information content (AvgIpc) is 3.65. The number of rotatable bonds is 14. The zero-order valence-corrected chi connectivity index (χ0v) is 32.1. The first-order valence-electron chi connectivity index (χ1n) is 17.9. The van der Waals surface area contributed by atoms with Crippen molar-refractivity contribution >= 4 is 40.7 Å². The molecule has 4 aliphatic rings. The predicted molar refractivity (Wildman–Crippen MR) is 199 cm³/mol. The summed E-state index contributed by atoms with van der Waals surface area (Å²) in [4.78, 5) is 52.4. The number of thioether (sulfide) groups is 1. The van der Waals surface area contributed by atoms with Crippen molar-refractivity contribution in [3.63, 3.8) is 0 Å². The number of nitrogens with zero attached hydrogens (tertiary/aromatic N) is 4. The third-order valence-electron chi connectivity index (χ3n) is 10.2. The molecule has 52 heavy (non-hydrogen) atoms. The number of aliphatic carboxylic acids is 1. The van der Waals surface area contributed by atoms with E-state index in [9.17, 15) is 34.1 Å². The molecule has 3 saturated heterocycles. The Hall–Kier alpha value is -3.53. The molecule has 0 aliphatic carbocycles. The van der Waals surface area contributed by atoms with E-state index in [1.165, 1.54) is 61.3 Å². The second-order valence-electron chi connectivity index (χ2n) is 14.5. The number of unbranched alkanes of at least 4 members (excludes halogenated alkanes) is 5. The molecule has 2 amide bonds. The van der Waals surface area contributed by atoms with Gasteiger partial charge in [-0.3, -0.25) is 9.59 Å². The number of amides is 2. The van der Waals surface area contributed by atoms with Gasteiger partial charge in [-0.2, -0.15) is 0 Å². The largest absolute Gasteiger partial charge is 0.616 e. The topological polar surface area (TPSA) is 172 Å². The Morgan fingerprint density at radius 2 is 1.71 bits per heavy atom. The van der Waals surface area contributed by atoms with E-state index in [0.29, 0.717) is 12.4 Å². The van der Waals surface area contributed by atoms with Crippen LogP contribution < -0.4 is 9.47 Å². The number of carbonyl (C=O) groups excluding carboxylic acids is 2. The summed E-state index contributed by atoms with van der Waals surface area (Å²) in [5, 5.41) is 23.8. The zero-order chi connectivity index (χ0) is 37.8. The van der Waals surface area contributed by atoms with Crippen LogP contribution in [-0.4, -0.2) is 99.6 Å². The van der Waals surface area contributed by atoms with Gasteiger partial charge in [-0.15, -0.1) is 16.7 Å². The minimum absolute atomic E-state index is 0.0924. The fraction of sp³-hybridized carbons (Fsp3) is 0.595. The van der Waals surface area contributed by atoms with E-state index in [4.69, 9.17) is 9.47 Å². The van der Waals surface area contributed by atoms with Gasteiger partial charge in [0.15, 0.2) is 23.6 Å². The highest BCUT2D eigenvalue weighted by Crippen LogP contribution is 2.50. The van der Waals surface area contributed by atoms with Crippen molar-refractivity contribution in [3.8, 4) is 11.5 Å². The molecule has 4 aliphatic heterocycles. The molecule has 0 bridgehead atoms. The van der Waals surface area contributed by atoms with E-state index in [0.717, 1.165) is 40.0 Å². The minimum atomic E-state index is -1.60. The van der Waals surface area contributed by atoms with Gasteiger partial charge in [-0.1, -0.05) is 80.2 Å². The number of fused-ring (bicyclic) bond motifs is 2. The highest BCUT2D eigenvalue weighted by atomic mass is 32.2. The summed E-state index contributed by atoms with van der Waals surface area (Å²) in [5.41, 5.74) is -1.05. The molecule has 2 N–H and O–H groups in total. The molecule has 2 aromatic rings. The maximum absolute atomic E-state index is 13.4. The lowest BCUT2D eigenvalue weighted by Crippen LogP contribution is -2.80. The number of nitroso groups, excluding NO2 is 1. The quantitative estimate of drug-likeness (QED) is 0.112. The molecule has 0 aromatic heterocycles. The van der Waals surface area contributed by atoms with Gasteiger partial charge in [0.1, 0.15) is 33.7 Å². The Morgan fingerprint density at radius 3 is 2.38 bits per heavy atom. The Balaban J connectivity index is 0.000000212. The maximum Gasteiger partial charge on any atom is 0.329 e. The molecule has 3 fully saturated rings. The van der Waals surface area contributed by atoms with Crippen LogP contribution in [0.5, 0.6) is 11.5 Å². The van der Waals surface area contributed by atoms with Crippen molar-refractivity contribution in [2.45, 2.75) is 120 Å². The summed E-state index contributed by atoms with van der Waals surface area (Å²) in [6.07, 6.45) is 8.32. The maximum atomic E-state index is 13.4. The summed E-state index contributed by atoms with van der Waals surface area (Å²) < 4.78 is 23.0. The Morgan fingerprint density at radius 1 is 1.04 bits per heavy atom. The third kappa shape index (κ3) is 8.02. The molecule has 0 saturated carbocycles. The van der Waals surface area contributed by atoms with E-state index >= 15 is 0 Å². The molecule has 13 nitrogen and oxygen atoms in total. The molecule has 284 valence electrons. The lowest BCUT2D eigenvalue weighted by molar-refractivity contribution is -0.184. The third-order valence-corrected chi connectivity index (χ3v) is 13.5. The summed E-state index contributed by atoms with van der Waals surface area (Å²) in [7, 11) is 0. The first-order valence-corrected chi connectivity index (χ1v) is 20.3.